The molecule has 1 saturated heterocycles. The molecule has 0 spiro atoms. The predicted molar refractivity (Wildman–Crippen MR) is 67.1 cm³/mol. The number of ether oxygens (including phenoxy) is 3. The van der Waals surface area contributed by atoms with Gasteiger partial charge in [-0.3, -0.25) is 4.79 Å². The van der Waals surface area contributed by atoms with Crippen molar-refractivity contribution in [2.45, 2.75) is 52.2 Å². The number of carbonyl (C=O) groups is 2. The highest BCUT2D eigenvalue weighted by Crippen LogP contribution is 2.24. The Morgan fingerprint density at radius 3 is 2.39 bits per heavy atom. The van der Waals surface area contributed by atoms with Crippen LogP contribution in [0.5, 0.6) is 0 Å². The zero-order valence-corrected chi connectivity index (χ0v) is 11.6. The fourth-order valence-corrected chi connectivity index (χ4v) is 1.49. The van der Waals surface area contributed by atoms with Crippen molar-refractivity contribution in [2.75, 3.05) is 19.8 Å². The van der Waals surface area contributed by atoms with Gasteiger partial charge in [-0.05, 0) is 20.3 Å². The van der Waals surface area contributed by atoms with Crippen LogP contribution in [0.25, 0.3) is 0 Å². The number of esters is 1. The molecule has 5 heteroatoms. The van der Waals surface area contributed by atoms with E-state index in [-0.39, 0.29) is 12.2 Å². The van der Waals surface area contributed by atoms with E-state index in [9.17, 15) is 9.59 Å². The van der Waals surface area contributed by atoms with Gasteiger partial charge in [-0.15, -0.1) is 0 Å². The molecule has 0 N–H and O–H groups in total. The zero-order chi connectivity index (χ0) is 13.9. The topological polar surface area (TPSA) is 61.8 Å². The van der Waals surface area contributed by atoms with Crippen LogP contribution in [0.1, 0.15) is 46.5 Å². The van der Waals surface area contributed by atoms with Crippen LogP contribution in [0.2, 0.25) is 0 Å². The molecule has 0 aliphatic carbocycles. The standard InChI is InChI=1S/C8H16O2.C5H8O3/c1-3-4-5-8(2)9-6-7-10-8;1-2-8-5(7)3-4-6/h3-7H2,1-2H3;4H,2-3H2,1H3. The molecule has 0 aromatic heterocycles. The summed E-state index contributed by atoms with van der Waals surface area (Å²) in [5.41, 5.74) is 0. The number of hydrogen-bond acceptors (Lipinski definition) is 5. The monoisotopic (exact) mass is 260 g/mol. The molecule has 1 rings (SSSR count). The van der Waals surface area contributed by atoms with Crippen molar-refractivity contribution in [1.82, 2.24) is 0 Å². The second kappa shape index (κ2) is 10.0. The first-order chi connectivity index (χ1) is 8.58. The number of aldehydes is 1. The molecule has 5 nitrogen and oxygen atoms in total. The maximum atomic E-state index is 10.2. The lowest BCUT2D eigenvalue weighted by molar-refractivity contribution is -0.147. The molecule has 0 amide bonds. The van der Waals surface area contributed by atoms with Gasteiger partial charge in [0.05, 0.1) is 19.8 Å². The van der Waals surface area contributed by atoms with E-state index < -0.39 is 5.97 Å². The predicted octanol–water partition coefficient (Wildman–Crippen LogP) is 2.08. The van der Waals surface area contributed by atoms with Crippen molar-refractivity contribution >= 4 is 12.3 Å². The Morgan fingerprint density at radius 1 is 1.33 bits per heavy atom. The van der Waals surface area contributed by atoms with Gasteiger partial charge < -0.3 is 19.0 Å². The van der Waals surface area contributed by atoms with E-state index in [0.717, 1.165) is 19.6 Å². The average molecular weight is 260 g/mol. The summed E-state index contributed by atoms with van der Waals surface area (Å²) >= 11 is 0. The van der Waals surface area contributed by atoms with Crippen molar-refractivity contribution in [3.8, 4) is 0 Å². The molecule has 1 aliphatic rings. The summed E-state index contributed by atoms with van der Waals surface area (Å²) in [6, 6.07) is 0. The maximum Gasteiger partial charge on any atom is 0.312 e. The highest BCUT2D eigenvalue weighted by Gasteiger charge is 2.29. The molecular weight excluding hydrogens is 236 g/mol. The van der Waals surface area contributed by atoms with Crippen LogP contribution in [-0.4, -0.2) is 37.9 Å². The van der Waals surface area contributed by atoms with Crippen LogP contribution in [0.15, 0.2) is 0 Å². The second-order valence-corrected chi connectivity index (χ2v) is 4.11. The summed E-state index contributed by atoms with van der Waals surface area (Å²) in [5, 5.41) is 0. The molecule has 0 aromatic rings. The molecule has 0 atom stereocenters. The van der Waals surface area contributed by atoms with Gasteiger partial charge in [0, 0.05) is 6.42 Å². The lowest BCUT2D eigenvalue weighted by Gasteiger charge is -2.21. The van der Waals surface area contributed by atoms with Crippen LogP contribution in [0, 0.1) is 0 Å². The molecule has 0 unspecified atom stereocenters. The highest BCUT2D eigenvalue weighted by molar-refractivity contribution is 5.83. The summed E-state index contributed by atoms with van der Waals surface area (Å²) in [4.78, 5) is 19.8. The SMILES string of the molecule is CCCCC1(C)OCCO1.CCOC(=O)CC=O. The molecule has 18 heavy (non-hydrogen) atoms. The second-order valence-electron chi connectivity index (χ2n) is 4.11. The molecule has 1 fully saturated rings. The average Bonchev–Trinajstić information content (AvgIpc) is 2.76. The lowest BCUT2D eigenvalue weighted by Crippen LogP contribution is -2.24. The number of hydrogen-bond donors (Lipinski definition) is 0. The summed E-state index contributed by atoms with van der Waals surface area (Å²) in [7, 11) is 0. The van der Waals surface area contributed by atoms with Crippen LogP contribution < -0.4 is 0 Å². The molecule has 0 bridgehead atoms. The van der Waals surface area contributed by atoms with Gasteiger partial charge in [0.2, 0.25) is 0 Å². The Kier molecular flexibility index (Phi) is 9.50. The van der Waals surface area contributed by atoms with E-state index in [0.29, 0.717) is 12.9 Å². The van der Waals surface area contributed by atoms with Crippen molar-refractivity contribution in [3.63, 3.8) is 0 Å². The van der Waals surface area contributed by atoms with Crippen LogP contribution in [-0.2, 0) is 23.8 Å². The minimum atomic E-state index is -0.456. The first-order valence-electron chi connectivity index (χ1n) is 6.45. The smallest absolute Gasteiger partial charge is 0.312 e. The third-order valence-electron chi connectivity index (χ3n) is 2.44. The number of carbonyl (C=O) groups excluding carboxylic acids is 2. The molecular formula is C13H24O5. The van der Waals surface area contributed by atoms with Crippen LogP contribution in [0.4, 0.5) is 0 Å². The van der Waals surface area contributed by atoms with Crippen molar-refractivity contribution in [1.29, 1.82) is 0 Å². The lowest BCUT2D eigenvalue weighted by atomic mass is 10.1. The summed E-state index contributed by atoms with van der Waals surface area (Å²) in [5.74, 6) is -0.710. The van der Waals surface area contributed by atoms with Gasteiger partial charge in [-0.2, -0.15) is 0 Å². The van der Waals surface area contributed by atoms with E-state index in [1.54, 1.807) is 6.92 Å². The molecule has 0 radical (unpaired) electrons. The minimum absolute atomic E-state index is 0.131. The first-order valence-corrected chi connectivity index (χ1v) is 6.45. The molecule has 0 saturated carbocycles. The van der Waals surface area contributed by atoms with Crippen molar-refractivity contribution in [3.05, 3.63) is 0 Å². The quantitative estimate of drug-likeness (QED) is 0.415. The van der Waals surface area contributed by atoms with E-state index in [1.165, 1.54) is 12.8 Å². The Hall–Kier alpha value is -0.940. The van der Waals surface area contributed by atoms with E-state index in [4.69, 9.17) is 9.47 Å². The van der Waals surface area contributed by atoms with Crippen LogP contribution >= 0.6 is 0 Å². The van der Waals surface area contributed by atoms with Gasteiger partial charge in [0.25, 0.3) is 0 Å². The normalized spacial score (nSPS) is 16.6. The molecule has 1 heterocycles. The Bertz CT molecular complexity index is 234. The fourth-order valence-electron chi connectivity index (χ4n) is 1.49. The number of unbranched alkanes of at least 4 members (excludes halogenated alkanes) is 1. The molecule has 1 aliphatic heterocycles. The molecule has 0 aromatic carbocycles. The van der Waals surface area contributed by atoms with Gasteiger partial charge in [0.15, 0.2) is 5.79 Å². The van der Waals surface area contributed by atoms with E-state index in [2.05, 4.69) is 11.7 Å². The van der Waals surface area contributed by atoms with Gasteiger partial charge in [-0.1, -0.05) is 13.3 Å². The van der Waals surface area contributed by atoms with E-state index >= 15 is 0 Å². The third-order valence-corrected chi connectivity index (χ3v) is 2.44. The van der Waals surface area contributed by atoms with Gasteiger partial charge in [-0.25, -0.2) is 0 Å². The highest BCUT2D eigenvalue weighted by atomic mass is 16.7. The van der Waals surface area contributed by atoms with Crippen molar-refractivity contribution in [2.24, 2.45) is 0 Å². The zero-order valence-electron chi connectivity index (χ0n) is 11.6. The summed E-state index contributed by atoms with van der Waals surface area (Å²) in [6.45, 7) is 7.77. The minimum Gasteiger partial charge on any atom is -0.466 e. The van der Waals surface area contributed by atoms with Crippen LogP contribution in [0.3, 0.4) is 0 Å². The largest absolute Gasteiger partial charge is 0.466 e. The maximum absolute atomic E-state index is 10.2. The first kappa shape index (κ1) is 17.1. The molecule has 106 valence electrons. The fraction of sp³-hybridized carbons (Fsp3) is 0.846. The van der Waals surface area contributed by atoms with E-state index in [1.807, 2.05) is 6.92 Å². The Labute approximate surface area is 109 Å². The van der Waals surface area contributed by atoms with Gasteiger partial charge >= 0.3 is 5.97 Å². The summed E-state index contributed by atoms with van der Waals surface area (Å²) < 4.78 is 15.3. The summed E-state index contributed by atoms with van der Waals surface area (Å²) in [6.07, 6.45) is 3.83. The van der Waals surface area contributed by atoms with Gasteiger partial charge in [0.1, 0.15) is 12.7 Å². The Balaban J connectivity index is 0.000000331. The number of rotatable bonds is 6. The Morgan fingerprint density at radius 2 is 1.94 bits per heavy atom. The third kappa shape index (κ3) is 8.20. The van der Waals surface area contributed by atoms with Crippen molar-refractivity contribution < 1.29 is 23.8 Å².